The zero-order chi connectivity index (χ0) is 20.6. The van der Waals surface area contributed by atoms with Crippen molar-refractivity contribution >= 4 is 5.96 Å². The van der Waals surface area contributed by atoms with Crippen molar-refractivity contribution in [2.75, 3.05) is 59.0 Å². The number of hydrogen-bond acceptors (Lipinski definition) is 4. The number of nitrogens with one attached hydrogen (secondary N) is 1. The molecule has 3 saturated heterocycles. The second kappa shape index (κ2) is 11.1. The van der Waals surface area contributed by atoms with Crippen LogP contribution in [0.1, 0.15) is 38.2 Å². The summed E-state index contributed by atoms with van der Waals surface area (Å²) in [7, 11) is 0. The highest BCUT2D eigenvalue weighted by molar-refractivity contribution is 5.80. The number of nitrogens with zero attached hydrogens (tertiary/aromatic N) is 4. The van der Waals surface area contributed by atoms with E-state index >= 15 is 0 Å². The summed E-state index contributed by atoms with van der Waals surface area (Å²) in [5.41, 5.74) is 1.41. The molecule has 2 unspecified atom stereocenters. The van der Waals surface area contributed by atoms with Gasteiger partial charge in [-0.25, -0.2) is 0 Å². The maximum Gasteiger partial charge on any atom is 0.194 e. The van der Waals surface area contributed by atoms with Crippen molar-refractivity contribution in [1.29, 1.82) is 0 Å². The lowest BCUT2D eigenvalue weighted by Crippen LogP contribution is -2.47. The summed E-state index contributed by atoms with van der Waals surface area (Å²) in [5.74, 6) is 1.11. The molecule has 166 valence electrons. The van der Waals surface area contributed by atoms with Gasteiger partial charge in [-0.1, -0.05) is 36.8 Å². The number of likely N-dealkylation sites (tertiary alicyclic amines) is 2. The Hall–Kier alpha value is -1.63. The summed E-state index contributed by atoms with van der Waals surface area (Å²) < 4.78 is 5.53. The maximum atomic E-state index is 5.53. The van der Waals surface area contributed by atoms with Gasteiger partial charge in [0.1, 0.15) is 0 Å². The average Bonchev–Trinajstić information content (AvgIpc) is 3.29. The fraction of sp³-hybridized carbons (Fsp3) is 0.708. The van der Waals surface area contributed by atoms with Crippen LogP contribution < -0.4 is 5.32 Å². The molecule has 30 heavy (non-hydrogen) atoms. The van der Waals surface area contributed by atoms with E-state index in [9.17, 15) is 0 Å². The van der Waals surface area contributed by atoms with Crippen LogP contribution in [0.15, 0.2) is 35.3 Å². The molecular weight excluding hydrogens is 374 g/mol. The monoisotopic (exact) mass is 413 g/mol. The smallest absolute Gasteiger partial charge is 0.194 e. The molecule has 3 aliphatic heterocycles. The zero-order valence-corrected chi connectivity index (χ0v) is 18.6. The summed E-state index contributed by atoms with van der Waals surface area (Å²) in [4.78, 5) is 12.9. The first-order valence-corrected chi connectivity index (χ1v) is 12.0. The summed E-state index contributed by atoms with van der Waals surface area (Å²) in [6.45, 7) is 12.3. The van der Waals surface area contributed by atoms with Gasteiger partial charge in [0.15, 0.2) is 5.96 Å². The van der Waals surface area contributed by atoms with Gasteiger partial charge in [0.25, 0.3) is 0 Å². The molecule has 0 saturated carbocycles. The maximum absolute atomic E-state index is 5.53. The highest BCUT2D eigenvalue weighted by atomic mass is 16.5. The van der Waals surface area contributed by atoms with Crippen molar-refractivity contribution < 1.29 is 4.74 Å². The minimum atomic E-state index is 0.547. The van der Waals surface area contributed by atoms with Gasteiger partial charge in [0.05, 0.1) is 19.8 Å². The third-order valence-corrected chi connectivity index (χ3v) is 6.79. The molecule has 6 nitrogen and oxygen atoms in total. The molecule has 3 fully saturated rings. The minimum absolute atomic E-state index is 0.547. The lowest BCUT2D eigenvalue weighted by molar-refractivity contribution is 0.0195. The number of aliphatic imine (C=N–C) groups is 1. The largest absolute Gasteiger partial charge is 0.379 e. The summed E-state index contributed by atoms with van der Waals surface area (Å²) >= 11 is 0. The number of benzene rings is 1. The number of morpholine rings is 1. The minimum Gasteiger partial charge on any atom is -0.379 e. The van der Waals surface area contributed by atoms with E-state index in [1.165, 1.54) is 37.8 Å². The van der Waals surface area contributed by atoms with E-state index in [4.69, 9.17) is 9.73 Å². The normalized spacial score (nSPS) is 26.8. The van der Waals surface area contributed by atoms with E-state index < -0.39 is 0 Å². The Kier molecular flexibility index (Phi) is 8.01. The van der Waals surface area contributed by atoms with Gasteiger partial charge in [0, 0.05) is 51.4 Å². The molecule has 0 radical (unpaired) electrons. The van der Waals surface area contributed by atoms with Crippen molar-refractivity contribution in [2.24, 2.45) is 4.99 Å². The van der Waals surface area contributed by atoms with Crippen LogP contribution in [0.2, 0.25) is 0 Å². The molecule has 0 aliphatic carbocycles. The molecule has 1 N–H and O–H groups in total. The van der Waals surface area contributed by atoms with Crippen molar-refractivity contribution in [3.05, 3.63) is 35.9 Å². The second-order valence-corrected chi connectivity index (χ2v) is 8.84. The van der Waals surface area contributed by atoms with E-state index in [1.807, 2.05) is 0 Å². The molecule has 0 bridgehead atoms. The van der Waals surface area contributed by atoms with Crippen LogP contribution in [0.4, 0.5) is 0 Å². The molecule has 4 rings (SSSR count). The SMILES string of the molecule is CCNC(=NCC1CCCCN1Cc1ccccc1)N1CCC(N2CCOCC2)C1. The number of hydrogen-bond donors (Lipinski definition) is 1. The van der Waals surface area contributed by atoms with E-state index in [0.29, 0.717) is 12.1 Å². The third kappa shape index (κ3) is 5.74. The van der Waals surface area contributed by atoms with Gasteiger partial charge in [0.2, 0.25) is 0 Å². The van der Waals surface area contributed by atoms with Crippen LogP contribution in [0.25, 0.3) is 0 Å². The highest BCUT2D eigenvalue weighted by Gasteiger charge is 2.30. The molecule has 6 heteroatoms. The number of ether oxygens (including phenoxy) is 1. The molecule has 0 aromatic heterocycles. The van der Waals surface area contributed by atoms with Crippen LogP contribution in [-0.2, 0) is 11.3 Å². The third-order valence-electron chi connectivity index (χ3n) is 6.79. The van der Waals surface area contributed by atoms with Gasteiger partial charge in [-0.2, -0.15) is 0 Å². The van der Waals surface area contributed by atoms with Gasteiger partial charge < -0.3 is 15.0 Å². The molecule has 0 spiro atoms. The van der Waals surface area contributed by atoms with Crippen LogP contribution in [0, 0.1) is 0 Å². The summed E-state index contributed by atoms with van der Waals surface area (Å²) in [6.07, 6.45) is 5.12. The van der Waals surface area contributed by atoms with Gasteiger partial charge in [-0.15, -0.1) is 0 Å². The lowest BCUT2D eigenvalue weighted by atomic mass is 10.0. The van der Waals surface area contributed by atoms with E-state index in [-0.39, 0.29) is 0 Å². The van der Waals surface area contributed by atoms with Gasteiger partial charge >= 0.3 is 0 Å². The predicted molar refractivity (Wildman–Crippen MR) is 123 cm³/mol. The van der Waals surface area contributed by atoms with Crippen molar-refractivity contribution in [1.82, 2.24) is 20.0 Å². The van der Waals surface area contributed by atoms with Gasteiger partial charge in [-0.05, 0) is 38.3 Å². The molecule has 2 atom stereocenters. The second-order valence-electron chi connectivity index (χ2n) is 8.84. The first-order valence-electron chi connectivity index (χ1n) is 12.0. The Balaban J connectivity index is 1.36. The Labute approximate surface area is 182 Å². The summed E-state index contributed by atoms with van der Waals surface area (Å²) in [6, 6.07) is 12.1. The standard InChI is InChI=1S/C24H39N5O/c1-2-25-24(29-13-11-23(20-29)27-14-16-30-17-15-27)26-18-22-10-6-7-12-28(22)19-21-8-4-3-5-9-21/h3-5,8-9,22-23H,2,6-7,10-20H2,1H3,(H,25,26). The number of guanidine groups is 1. The zero-order valence-electron chi connectivity index (χ0n) is 18.6. The highest BCUT2D eigenvalue weighted by Crippen LogP contribution is 2.21. The van der Waals surface area contributed by atoms with Crippen LogP contribution in [0.3, 0.4) is 0 Å². The quantitative estimate of drug-likeness (QED) is 0.573. The number of piperidine rings is 1. The van der Waals surface area contributed by atoms with E-state index in [0.717, 1.165) is 65.0 Å². The first-order chi connectivity index (χ1) is 14.8. The van der Waals surface area contributed by atoms with Crippen molar-refractivity contribution in [3.8, 4) is 0 Å². The van der Waals surface area contributed by atoms with E-state index in [1.54, 1.807) is 0 Å². The Morgan fingerprint density at radius 1 is 1.07 bits per heavy atom. The molecule has 1 aromatic carbocycles. The molecular formula is C24H39N5O. The molecule has 3 heterocycles. The fourth-order valence-electron chi connectivity index (χ4n) is 5.09. The molecule has 3 aliphatic rings. The summed E-state index contributed by atoms with van der Waals surface area (Å²) in [5, 5.41) is 3.57. The van der Waals surface area contributed by atoms with Crippen molar-refractivity contribution in [3.63, 3.8) is 0 Å². The average molecular weight is 414 g/mol. The van der Waals surface area contributed by atoms with Gasteiger partial charge in [-0.3, -0.25) is 14.8 Å². The topological polar surface area (TPSA) is 43.3 Å². The van der Waals surface area contributed by atoms with Crippen LogP contribution >= 0.6 is 0 Å². The first kappa shape index (κ1) is 21.6. The van der Waals surface area contributed by atoms with Crippen LogP contribution in [0.5, 0.6) is 0 Å². The lowest BCUT2D eigenvalue weighted by Gasteiger charge is -2.35. The molecule has 0 amide bonds. The predicted octanol–water partition coefficient (Wildman–Crippen LogP) is 2.41. The Bertz CT molecular complexity index is 661. The Morgan fingerprint density at radius 2 is 1.90 bits per heavy atom. The van der Waals surface area contributed by atoms with Crippen molar-refractivity contribution in [2.45, 2.75) is 51.2 Å². The molecule has 1 aromatic rings. The van der Waals surface area contributed by atoms with E-state index in [2.05, 4.69) is 57.3 Å². The fourth-order valence-corrected chi connectivity index (χ4v) is 5.09. The van der Waals surface area contributed by atoms with Crippen LogP contribution in [-0.4, -0.2) is 91.8 Å². The Morgan fingerprint density at radius 3 is 2.70 bits per heavy atom. The number of rotatable bonds is 6.